The zero-order chi connectivity index (χ0) is 23.4. The van der Waals surface area contributed by atoms with Crippen molar-refractivity contribution in [3.8, 4) is 17.0 Å². The fourth-order valence-electron chi connectivity index (χ4n) is 3.48. The van der Waals surface area contributed by atoms with Crippen molar-refractivity contribution in [1.29, 1.82) is 0 Å². The third-order valence-corrected chi connectivity index (χ3v) is 5.06. The van der Waals surface area contributed by atoms with E-state index >= 15 is 0 Å². The SMILES string of the molecule is C=CC(=O)Nc1ccc(Cc2ccc(F)cc2F)c(-c2nn(C)c(=O)c(CC)c2OC)c1. The van der Waals surface area contributed by atoms with Crippen molar-refractivity contribution in [1.82, 2.24) is 9.78 Å². The van der Waals surface area contributed by atoms with Gasteiger partial charge in [0, 0.05) is 30.8 Å². The third-order valence-electron chi connectivity index (χ3n) is 5.06. The van der Waals surface area contributed by atoms with Gasteiger partial charge in [-0.2, -0.15) is 5.10 Å². The van der Waals surface area contributed by atoms with E-state index in [1.165, 1.54) is 31.0 Å². The van der Waals surface area contributed by atoms with Gasteiger partial charge in [-0.05, 0) is 41.8 Å². The van der Waals surface area contributed by atoms with Gasteiger partial charge in [0.1, 0.15) is 17.3 Å². The largest absolute Gasteiger partial charge is 0.494 e. The van der Waals surface area contributed by atoms with Gasteiger partial charge in [-0.1, -0.05) is 25.6 Å². The predicted octanol–water partition coefficient (Wildman–Crippen LogP) is 4.01. The van der Waals surface area contributed by atoms with Crippen molar-refractivity contribution in [2.45, 2.75) is 19.8 Å². The lowest BCUT2D eigenvalue weighted by Gasteiger charge is -2.17. The summed E-state index contributed by atoms with van der Waals surface area (Å²) in [5.41, 5.74) is 2.48. The van der Waals surface area contributed by atoms with Crippen molar-refractivity contribution in [2.24, 2.45) is 7.05 Å². The Balaban J connectivity index is 2.25. The first kappa shape index (κ1) is 22.9. The van der Waals surface area contributed by atoms with E-state index in [1.807, 2.05) is 6.92 Å². The van der Waals surface area contributed by atoms with E-state index in [2.05, 4.69) is 17.0 Å². The van der Waals surface area contributed by atoms with Gasteiger partial charge in [0.15, 0.2) is 5.75 Å². The summed E-state index contributed by atoms with van der Waals surface area (Å²) in [6, 6.07) is 8.45. The molecule has 2 aromatic carbocycles. The van der Waals surface area contributed by atoms with E-state index in [0.717, 1.165) is 12.1 Å². The minimum absolute atomic E-state index is 0.131. The molecule has 0 spiro atoms. The van der Waals surface area contributed by atoms with Crippen molar-refractivity contribution < 1.29 is 18.3 Å². The highest BCUT2D eigenvalue weighted by Gasteiger charge is 2.21. The molecule has 1 amide bonds. The summed E-state index contributed by atoms with van der Waals surface area (Å²) in [5.74, 6) is -1.43. The maximum Gasteiger partial charge on any atom is 0.273 e. The first-order valence-corrected chi connectivity index (χ1v) is 9.93. The van der Waals surface area contributed by atoms with Gasteiger partial charge in [0.2, 0.25) is 5.91 Å². The summed E-state index contributed by atoms with van der Waals surface area (Å²) in [7, 11) is 2.98. The Morgan fingerprint density at radius 2 is 1.94 bits per heavy atom. The normalized spacial score (nSPS) is 10.7. The average Bonchev–Trinajstić information content (AvgIpc) is 2.77. The summed E-state index contributed by atoms with van der Waals surface area (Å²) in [5, 5.41) is 7.08. The minimum Gasteiger partial charge on any atom is -0.494 e. The van der Waals surface area contributed by atoms with Gasteiger partial charge in [0.05, 0.1) is 12.7 Å². The zero-order valence-electron chi connectivity index (χ0n) is 18.0. The lowest BCUT2D eigenvalue weighted by atomic mass is 9.95. The van der Waals surface area contributed by atoms with E-state index in [1.54, 1.807) is 18.2 Å². The van der Waals surface area contributed by atoms with Crippen LogP contribution in [0, 0.1) is 11.6 Å². The van der Waals surface area contributed by atoms with Crippen LogP contribution in [-0.4, -0.2) is 22.8 Å². The number of benzene rings is 2. The molecule has 0 fully saturated rings. The van der Waals surface area contributed by atoms with Gasteiger partial charge in [0.25, 0.3) is 5.56 Å². The summed E-state index contributed by atoms with van der Waals surface area (Å²) in [6.07, 6.45) is 1.69. The van der Waals surface area contributed by atoms with E-state index in [9.17, 15) is 18.4 Å². The molecular weight excluding hydrogens is 416 g/mol. The molecule has 0 radical (unpaired) electrons. The number of aromatic nitrogens is 2. The molecule has 0 aliphatic heterocycles. The highest BCUT2D eigenvalue weighted by molar-refractivity contribution is 5.99. The van der Waals surface area contributed by atoms with Crippen molar-refractivity contribution in [3.05, 3.63) is 87.7 Å². The maximum atomic E-state index is 14.4. The number of anilines is 1. The number of nitrogens with zero attached hydrogens (tertiary/aromatic N) is 2. The van der Waals surface area contributed by atoms with Gasteiger partial charge >= 0.3 is 0 Å². The average molecular weight is 439 g/mol. The number of hydrogen-bond acceptors (Lipinski definition) is 4. The molecule has 1 heterocycles. The molecule has 3 rings (SSSR count). The summed E-state index contributed by atoms with van der Waals surface area (Å²) >= 11 is 0. The number of nitrogens with one attached hydrogen (secondary N) is 1. The van der Waals surface area contributed by atoms with Gasteiger partial charge in [-0.15, -0.1) is 0 Å². The highest BCUT2D eigenvalue weighted by Crippen LogP contribution is 2.35. The third kappa shape index (κ3) is 4.59. The van der Waals surface area contributed by atoms with Crippen LogP contribution in [-0.2, 0) is 24.7 Å². The Morgan fingerprint density at radius 3 is 2.56 bits per heavy atom. The second kappa shape index (κ2) is 9.55. The Labute approximate surface area is 184 Å². The molecule has 32 heavy (non-hydrogen) atoms. The molecule has 166 valence electrons. The smallest absolute Gasteiger partial charge is 0.273 e. The van der Waals surface area contributed by atoms with E-state index in [0.29, 0.717) is 40.2 Å². The van der Waals surface area contributed by atoms with Gasteiger partial charge < -0.3 is 10.1 Å². The second-order valence-corrected chi connectivity index (χ2v) is 7.12. The van der Waals surface area contributed by atoms with Crippen LogP contribution in [0.4, 0.5) is 14.5 Å². The first-order valence-electron chi connectivity index (χ1n) is 9.93. The molecule has 0 aliphatic rings. The Kier molecular flexibility index (Phi) is 6.82. The molecule has 0 atom stereocenters. The topological polar surface area (TPSA) is 73.2 Å². The molecule has 8 heteroatoms. The van der Waals surface area contributed by atoms with Crippen LogP contribution < -0.4 is 15.6 Å². The molecule has 1 aromatic heterocycles. The van der Waals surface area contributed by atoms with E-state index < -0.39 is 17.5 Å². The molecule has 0 unspecified atom stereocenters. The molecular formula is C24H23F2N3O3. The standard InChI is InChI=1S/C24H23F2N3O3/c1-5-18-23(32-4)22(28-29(3)24(18)31)19-13-17(27-21(30)6-2)10-8-14(19)11-15-7-9-16(25)12-20(15)26/h6-10,12-13H,2,5,11H2,1,3-4H3,(H,27,30). The fraction of sp³-hybridized carbons (Fsp3) is 0.208. The Hall–Kier alpha value is -3.81. The van der Waals surface area contributed by atoms with Crippen molar-refractivity contribution >= 4 is 11.6 Å². The summed E-state index contributed by atoms with van der Waals surface area (Å²) in [6.45, 7) is 5.28. The van der Waals surface area contributed by atoms with Crippen LogP contribution in [0.5, 0.6) is 5.75 Å². The number of carbonyl (C=O) groups is 1. The van der Waals surface area contributed by atoms with Crippen LogP contribution in [0.2, 0.25) is 0 Å². The van der Waals surface area contributed by atoms with Crippen molar-refractivity contribution in [3.63, 3.8) is 0 Å². The first-order chi connectivity index (χ1) is 15.3. The van der Waals surface area contributed by atoms with Crippen LogP contribution in [0.15, 0.2) is 53.8 Å². The fourth-order valence-corrected chi connectivity index (χ4v) is 3.48. The number of amides is 1. The Bertz CT molecular complexity index is 1250. The number of ether oxygens (including phenoxy) is 1. The van der Waals surface area contributed by atoms with E-state index in [4.69, 9.17) is 4.74 Å². The number of carbonyl (C=O) groups excluding carboxylic acids is 1. The van der Waals surface area contributed by atoms with Crippen molar-refractivity contribution in [2.75, 3.05) is 12.4 Å². The molecule has 0 bridgehead atoms. The molecule has 1 N–H and O–H groups in total. The summed E-state index contributed by atoms with van der Waals surface area (Å²) < 4.78 is 34.5. The van der Waals surface area contributed by atoms with Crippen LogP contribution >= 0.6 is 0 Å². The van der Waals surface area contributed by atoms with Gasteiger partial charge in [-0.25, -0.2) is 13.5 Å². The lowest BCUT2D eigenvalue weighted by molar-refractivity contribution is -0.111. The molecule has 0 saturated carbocycles. The molecule has 0 saturated heterocycles. The van der Waals surface area contributed by atoms with Crippen LogP contribution in [0.25, 0.3) is 11.3 Å². The molecule has 3 aromatic rings. The molecule has 0 aliphatic carbocycles. The lowest BCUT2D eigenvalue weighted by Crippen LogP contribution is -2.25. The monoisotopic (exact) mass is 439 g/mol. The number of rotatable bonds is 7. The Morgan fingerprint density at radius 1 is 1.22 bits per heavy atom. The van der Waals surface area contributed by atoms with Crippen LogP contribution in [0.1, 0.15) is 23.6 Å². The predicted molar refractivity (Wildman–Crippen MR) is 119 cm³/mol. The van der Waals surface area contributed by atoms with Gasteiger partial charge in [-0.3, -0.25) is 9.59 Å². The quantitative estimate of drug-likeness (QED) is 0.565. The highest BCUT2D eigenvalue weighted by atomic mass is 19.1. The maximum absolute atomic E-state index is 14.4. The van der Waals surface area contributed by atoms with E-state index in [-0.39, 0.29) is 17.5 Å². The van der Waals surface area contributed by atoms with Crippen LogP contribution in [0.3, 0.4) is 0 Å². The molecule has 6 nitrogen and oxygen atoms in total. The second-order valence-electron chi connectivity index (χ2n) is 7.12. The number of hydrogen-bond donors (Lipinski definition) is 1. The number of halogens is 2. The number of aryl methyl sites for hydroxylation is 1. The summed E-state index contributed by atoms with van der Waals surface area (Å²) in [4.78, 5) is 24.3. The minimum atomic E-state index is -0.672. The number of methoxy groups -OCH3 is 1. The zero-order valence-corrected chi connectivity index (χ0v) is 18.0.